The highest BCUT2D eigenvalue weighted by atomic mass is 16.4. The van der Waals surface area contributed by atoms with E-state index in [2.05, 4.69) is 9.98 Å². The molecule has 6 rings (SSSR count). The first-order valence-corrected chi connectivity index (χ1v) is 10.5. The van der Waals surface area contributed by atoms with Gasteiger partial charge in [0.25, 0.3) is 0 Å². The van der Waals surface area contributed by atoms with Crippen LogP contribution in [0.3, 0.4) is 0 Å². The molecule has 0 saturated carbocycles. The standard InChI is InChI=1S/C26H17BN4O2/c32-27(33)17-3-1-16(2-4-17)25-14-24-13-22-8-7-20(29-22)11-18-5-6-19(28-18)12-21-9-10-23(30-21)15-26(25)31-24/h1-15,32-33H. The molecule has 0 amide bonds. The first kappa shape index (κ1) is 19.5. The number of nitrogens with zero attached hydrogens (tertiary/aromatic N) is 4. The summed E-state index contributed by atoms with van der Waals surface area (Å²) in [6, 6.07) is 7.12. The van der Waals surface area contributed by atoms with Crippen molar-refractivity contribution < 1.29 is 10.0 Å². The Labute approximate surface area is 190 Å². The Hall–Kier alpha value is -4.20. The highest BCUT2D eigenvalue weighted by Crippen LogP contribution is 2.28. The summed E-state index contributed by atoms with van der Waals surface area (Å²) in [5, 5.41) is 18.8. The molecule has 0 spiro atoms. The number of aliphatic imine (C=N–C) groups is 4. The van der Waals surface area contributed by atoms with Crippen molar-refractivity contribution in [2.75, 3.05) is 0 Å². The highest BCUT2D eigenvalue weighted by molar-refractivity contribution is 6.58. The number of benzene rings is 1. The van der Waals surface area contributed by atoms with Gasteiger partial charge in [-0.25, -0.2) is 20.0 Å². The van der Waals surface area contributed by atoms with Gasteiger partial charge in [0.15, 0.2) is 0 Å². The van der Waals surface area contributed by atoms with Crippen molar-refractivity contribution in [1.82, 2.24) is 0 Å². The van der Waals surface area contributed by atoms with E-state index in [1.807, 2.05) is 79.0 Å². The summed E-state index contributed by atoms with van der Waals surface area (Å²) in [5.41, 5.74) is 8.83. The zero-order valence-corrected chi connectivity index (χ0v) is 17.4. The molecule has 156 valence electrons. The summed E-state index contributed by atoms with van der Waals surface area (Å²) < 4.78 is 0. The minimum absolute atomic E-state index is 0.438. The van der Waals surface area contributed by atoms with E-state index in [1.165, 1.54) is 0 Å². The Morgan fingerprint density at radius 2 is 1.03 bits per heavy atom. The highest BCUT2D eigenvalue weighted by Gasteiger charge is 2.19. The van der Waals surface area contributed by atoms with Crippen molar-refractivity contribution in [2.24, 2.45) is 20.0 Å². The van der Waals surface area contributed by atoms with Gasteiger partial charge in [-0.15, -0.1) is 0 Å². The molecule has 6 nitrogen and oxygen atoms in total. The minimum atomic E-state index is -1.50. The summed E-state index contributed by atoms with van der Waals surface area (Å²) in [4.78, 5) is 18.8. The molecule has 0 radical (unpaired) electrons. The van der Waals surface area contributed by atoms with E-state index in [-0.39, 0.29) is 0 Å². The third kappa shape index (κ3) is 3.91. The molecular weight excluding hydrogens is 411 g/mol. The second-order valence-corrected chi connectivity index (χ2v) is 7.94. The number of rotatable bonds is 2. The van der Waals surface area contributed by atoms with E-state index in [1.54, 1.807) is 12.1 Å². The fourth-order valence-electron chi connectivity index (χ4n) is 3.96. The van der Waals surface area contributed by atoms with Crippen LogP contribution in [0.25, 0.3) is 5.57 Å². The molecule has 0 saturated heterocycles. The smallest absolute Gasteiger partial charge is 0.423 e. The van der Waals surface area contributed by atoms with E-state index in [4.69, 9.17) is 9.98 Å². The Bertz CT molecular complexity index is 1450. The Balaban J connectivity index is 1.47. The lowest BCUT2D eigenvalue weighted by Crippen LogP contribution is -2.29. The quantitative estimate of drug-likeness (QED) is 0.710. The predicted octanol–water partition coefficient (Wildman–Crippen LogP) is 2.79. The molecule has 0 unspecified atom stereocenters. The van der Waals surface area contributed by atoms with Crippen molar-refractivity contribution in [3.63, 3.8) is 0 Å². The van der Waals surface area contributed by atoms with Crippen molar-refractivity contribution in [1.29, 1.82) is 0 Å². The molecule has 0 fully saturated rings. The lowest BCUT2D eigenvalue weighted by atomic mass is 9.79. The topological polar surface area (TPSA) is 89.9 Å². The number of allylic oxidation sites excluding steroid dienone is 12. The van der Waals surface area contributed by atoms with E-state index in [0.717, 1.165) is 56.8 Å². The van der Waals surface area contributed by atoms with Crippen LogP contribution < -0.4 is 5.46 Å². The third-order valence-corrected chi connectivity index (χ3v) is 5.56. The van der Waals surface area contributed by atoms with Gasteiger partial charge in [0, 0.05) is 5.57 Å². The van der Waals surface area contributed by atoms with Crippen molar-refractivity contribution in [3.05, 3.63) is 119 Å². The molecule has 0 aromatic heterocycles. The maximum Gasteiger partial charge on any atom is 0.488 e. The number of hydrogen-bond acceptors (Lipinski definition) is 6. The van der Waals surface area contributed by atoms with Crippen molar-refractivity contribution in [3.8, 4) is 0 Å². The van der Waals surface area contributed by atoms with Gasteiger partial charge in [0.2, 0.25) is 0 Å². The average Bonchev–Trinajstić information content (AvgIpc) is 3.59. The average molecular weight is 428 g/mol. The molecular formula is C26H17BN4O2. The molecule has 8 bridgehead atoms. The zero-order chi connectivity index (χ0) is 22.4. The molecule has 5 heterocycles. The SMILES string of the molecule is OB(O)c1ccc(C2=CC3=CC4=NC(=CC5=NC(=CC6=NC(=CC2=N3)C=C6)C=C5)C=C4)cc1. The van der Waals surface area contributed by atoms with E-state index < -0.39 is 7.12 Å². The summed E-state index contributed by atoms with van der Waals surface area (Å²) in [7, 11) is -1.50. The first-order valence-electron chi connectivity index (χ1n) is 10.5. The maximum atomic E-state index is 9.41. The van der Waals surface area contributed by atoms with Gasteiger partial charge >= 0.3 is 7.12 Å². The van der Waals surface area contributed by atoms with Gasteiger partial charge in [-0.05, 0) is 77.9 Å². The first-order chi connectivity index (χ1) is 16.1. The van der Waals surface area contributed by atoms with Crippen LogP contribution in [-0.2, 0) is 0 Å². The maximum absolute atomic E-state index is 9.41. The number of fused-ring (bicyclic) bond motifs is 4. The lowest BCUT2D eigenvalue weighted by molar-refractivity contribution is 0.426. The molecule has 0 aliphatic carbocycles. The summed E-state index contributed by atoms with van der Waals surface area (Å²) >= 11 is 0. The van der Waals surface area contributed by atoms with Crippen LogP contribution in [0, 0.1) is 0 Å². The van der Waals surface area contributed by atoms with E-state index in [0.29, 0.717) is 5.46 Å². The monoisotopic (exact) mass is 428 g/mol. The second kappa shape index (κ2) is 7.74. The Morgan fingerprint density at radius 3 is 1.58 bits per heavy atom. The molecule has 1 aromatic carbocycles. The van der Waals surface area contributed by atoms with Crippen LogP contribution in [0.15, 0.2) is 134 Å². The summed E-state index contributed by atoms with van der Waals surface area (Å²) in [6.07, 6.45) is 21.6. The van der Waals surface area contributed by atoms with Crippen molar-refractivity contribution >= 4 is 41.0 Å². The third-order valence-electron chi connectivity index (χ3n) is 5.56. The lowest BCUT2D eigenvalue weighted by Gasteiger charge is -2.06. The van der Waals surface area contributed by atoms with Gasteiger partial charge in [-0.2, -0.15) is 0 Å². The van der Waals surface area contributed by atoms with Crippen molar-refractivity contribution in [2.45, 2.75) is 0 Å². The van der Waals surface area contributed by atoms with E-state index >= 15 is 0 Å². The Kier molecular flexibility index (Phi) is 4.57. The van der Waals surface area contributed by atoms with Crippen LogP contribution in [-0.4, -0.2) is 40.0 Å². The van der Waals surface area contributed by atoms with Crippen LogP contribution in [0.2, 0.25) is 0 Å². The largest absolute Gasteiger partial charge is 0.488 e. The van der Waals surface area contributed by atoms with Crippen LogP contribution in [0.4, 0.5) is 0 Å². The Morgan fingerprint density at radius 1 is 0.515 bits per heavy atom. The number of hydrogen-bond donors (Lipinski definition) is 2. The summed E-state index contributed by atoms with van der Waals surface area (Å²) in [6.45, 7) is 0. The molecule has 33 heavy (non-hydrogen) atoms. The van der Waals surface area contributed by atoms with Gasteiger partial charge in [-0.3, -0.25) is 0 Å². The molecule has 2 N–H and O–H groups in total. The molecule has 0 atom stereocenters. The normalized spacial score (nSPS) is 19.9. The minimum Gasteiger partial charge on any atom is -0.423 e. The molecule has 7 heteroatoms. The molecule has 1 aromatic rings. The zero-order valence-electron chi connectivity index (χ0n) is 17.4. The fourth-order valence-corrected chi connectivity index (χ4v) is 3.96. The van der Waals surface area contributed by atoms with Gasteiger partial charge in [0.1, 0.15) is 0 Å². The second-order valence-electron chi connectivity index (χ2n) is 7.94. The van der Waals surface area contributed by atoms with Gasteiger partial charge in [-0.1, -0.05) is 24.3 Å². The van der Waals surface area contributed by atoms with E-state index in [9.17, 15) is 10.0 Å². The van der Waals surface area contributed by atoms with Gasteiger partial charge in [0.05, 0.1) is 45.6 Å². The van der Waals surface area contributed by atoms with Crippen LogP contribution in [0.1, 0.15) is 5.56 Å². The molecule has 5 aliphatic heterocycles. The van der Waals surface area contributed by atoms with Crippen LogP contribution >= 0.6 is 0 Å². The van der Waals surface area contributed by atoms with Gasteiger partial charge < -0.3 is 10.0 Å². The van der Waals surface area contributed by atoms with Crippen LogP contribution in [0.5, 0.6) is 0 Å². The fraction of sp³-hybridized carbons (Fsp3) is 0. The predicted molar refractivity (Wildman–Crippen MR) is 134 cm³/mol. The summed E-state index contributed by atoms with van der Waals surface area (Å²) in [5.74, 6) is 0. The molecule has 5 aliphatic rings.